The van der Waals surface area contributed by atoms with Crippen LogP contribution in [0.1, 0.15) is 16.1 Å². The molecule has 154 valence electrons. The first-order valence-corrected chi connectivity index (χ1v) is 8.41. The number of nitro benzene ring substituents is 1. The summed E-state index contributed by atoms with van der Waals surface area (Å²) in [5.74, 6) is -0.720. The van der Waals surface area contributed by atoms with Crippen LogP contribution in [-0.4, -0.2) is 33.1 Å². The number of nitrogens with zero attached hydrogens (tertiary/aromatic N) is 3. The fraction of sp³-hybridized carbons (Fsp3) is 0.111. The maximum absolute atomic E-state index is 12.5. The zero-order valence-corrected chi connectivity index (χ0v) is 15.7. The normalized spacial score (nSPS) is 10.3. The van der Waals surface area contributed by atoms with Crippen LogP contribution in [0.25, 0.3) is 0 Å². The Bertz CT molecular complexity index is 1140. The number of para-hydroxylation sites is 1. The van der Waals surface area contributed by atoms with Crippen LogP contribution in [0.4, 0.5) is 17.1 Å². The number of hydrogen-bond acceptors (Lipinski definition) is 8. The topological polar surface area (TPSA) is 163 Å². The summed E-state index contributed by atoms with van der Waals surface area (Å²) in [5.41, 5.74) is -0.662. The highest BCUT2D eigenvalue weighted by atomic mass is 16.6. The Hall–Kier alpha value is -4.48. The van der Waals surface area contributed by atoms with Gasteiger partial charge in [0.2, 0.25) is 5.69 Å². The number of benzene rings is 2. The van der Waals surface area contributed by atoms with Crippen molar-refractivity contribution < 1.29 is 24.1 Å². The molecule has 0 bridgehead atoms. The second kappa shape index (κ2) is 8.26. The lowest BCUT2D eigenvalue weighted by Crippen LogP contribution is -2.14. The molecule has 12 nitrogen and oxygen atoms in total. The highest BCUT2D eigenvalue weighted by molar-refractivity contribution is 6.06. The maximum Gasteiger partial charge on any atom is 0.362 e. The van der Waals surface area contributed by atoms with Crippen LogP contribution in [-0.2, 0) is 0 Å². The molecule has 3 aromatic rings. The predicted molar refractivity (Wildman–Crippen MR) is 104 cm³/mol. The summed E-state index contributed by atoms with van der Waals surface area (Å²) in [4.78, 5) is 33.6. The van der Waals surface area contributed by atoms with Crippen molar-refractivity contribution in [2.45, 2.75) is 6.92 Å². The second-order valence-corrected chi connectivity index (χ2v) is 6.01. The number of nitrogens with one attached hydrogen (secondary N) is 2. The van der Waals surface area contributed by atoms with E-state index in [-0.39, 0.29) is 23.0 Å². The monoisotopic (exact) mass is 413 g/mol. The smallest absolute Gasteiger partial charge is 0.362 e. The van der Waals surface area contributed by atoms with Crippen LogP contribution in [0.2, 0.25) is 0 Å². The number of H-pyrrole nitrogens is 1. The Labute approximate surface area is 168 Å². The average Bonchev–Trinajstić information content (AvgIpc) is 3.14. The highest BCUT2D eigenvalue weighted by Crippen LogP contribution is 2.32. The van der Waals surface area contributed by atoms with Crippen molar-refractivity contribution in [2.75, 3.05) is 12.4 Å². The number of ether oxygens (including phenoxy) is 2. The van der Waals surface area contributed by atoms with E-state index in [2.05, 4.69) is 15.5 Å². The summed E-state index contributed by atoms with van der Waals surface area (Å²) >= 11 is 0. The third-order valence-corrected chi connectivity index (χ3v) is 3.99. The standard InChI is InChI=1S/C18H15N5O7/c1-10-5-3-4-6-14(10)30-13-8-11(7-12(9-13)22(25)26)19-17(24)15-16(23(27)28)18(29-2)21-20-15/h3-9H,1-2H3,(H,19,24)(H,20,21). The Kier molecular flexibility index (Phi) is 5.58. The van der Waals surface area contributed by atoms with E-state index in [0.29, 0.717) is 5.75 Å². The van der Waals surface area contributed by atoms with Gasteiger partial charge in [-0.25, -0.2) is 0 Å². The van der Waals surface area contributed by atoms with Gasteiger partial charge >= 0.3 is 11.6 Å². The molecule has 1 amide bonds. The minimum absolute atomic E-state index is 0.000601. The molecular formula is C18H15N5O7. The van der Waals surface area contributed by atoms with Gasteiger partial charge in [-0.05, 0) is 18.6 Å². The lowest BCUT2D eigenvalue weighted by molar-refractivity contribution is -0.386. The molecule has 1 heterocycles. The van der Waals surface area contributed by atoms with Crippen LogP contribution in [0.3, 0.4) is 0 Å². The first-order valence-electron chi connectivity index (χ1n) is 8.41. The number of hydrogen-bond donors (Lipinski definition) is 2. The van der Waals surface area contributed by atoms with Crippen LogP contribution in [0.15, 0.2) is 42.5 Å². The average molecular weight is 413 g/mol. The van der Waals surface area contributed by atoms with E-state index < -0.39 is 27.1 Å². The number of methoxy groups -OCH3 is 1. The predicted octanol–water partition coefficient (Wildman–Crippen LogP) is 3.59. The number of aryl methyl sites for hydroxylation is 1. The van der Waals surface area contributed by atoms with Crippen molar-refractivity contribution in [1.29, 1.82) is 0 Å². The molecular weight excluding hydrogens is 398 g/mol. The first kappa shape index (κ1) is 20.3. The van der Waals surface area contributed by atoms with Crippen LogP contribution in [0, 0.1) is 27.2 Å². The number of anilines is 1. The summed E-state index contributed by atoms with van der Waals surface area (Å²) in [6, 6.07) is 10.7. The fourth-order valence-electron chi connectivity index (χ4n) is 2.60. The van der Waals surface area contributed by atoms with Crippen molar-refractivity contribution >= 4 is 23.0 Å². The van der Waals surface area contributed by atoms with Crippen LogP contribution in [0.5, 0.6) is 17.4 Å². The Balaban J connectivity index is 1.94. The molecule has 2 aromatic carbocycles. The molecule has 0 radical (unpaired) electrons. The summed E-state index contributed by atoms with van der Waals surface area (Å²) in [5, 5.41) is 30.7. The van der Waals surface area contributed by atoms with Crippen molar-refractivity contribution in [3.63, 3.8) is 0 Å². The fourth-order valence-corrected chi connectivity index (χ4v) is 2.60. The van der Waals surface area contributed by atoms with Gasteiger partial charge in [0.15, 0.2) is 0 Å². The number of carbonyl (C=O) groups excluding carboxylic acids is 1. The number of aromatic amines is 1. The molecule has 0 saturated carbocycles. The van der Waals surface area contributed by atoms with Gasteiger partial charge in [0, 0.05) is 12.1 Å². The SMILES string of the molecule is COc1n[nH]c(C(=O)Nc2cc(Oc3ccccc3C)cc([N+](=O)[O-])c2)c1[N+](=O)[O-]. The molecule has 0 aliphatic rings. The minimum atomic E-state index is -0.931. The molecule has 3 rings (SSSR count). The molecule has 30 heavy (non-hydrogen) atoms. The van der Waals surface area contributed by atoms with Gasteiger partial charge in [-0.15, -0.1) is 5.10 Å². The van der Waals surface area contributed by atoms with Gasteiger partial charge in [0.1, 0.15) is 11.5 Å². The van der Waals surface area contributed by atoms with Gasteiger partial charge in [0.05, 0.1) is 28.7 Å². The number of carbonyl (C=O) groups is 1. The summed E-state index contributed by atoms with van der Waals surface area (Å²) in [6.45, 7) is 1.81. The Morgan fingerprint density at radius 3 is 2.50 bits per heavy atom. The molecule has 0 atom stereocenters. The molecule has 0 aliphatic carbocycles. The quantitative estimate of drug-likeness (QED) is 0.438. The van der Waals surface area contributed by atoms with E-state index in [9.17, 15) is 25.0 Å². The Morgan fingerprint density at radius 1 is 1.13 bits per heavy atom. The lowest BCUT2D eigenvalue weighted by atomic mass is 10.2. The molecule has 0 fully saturated rings. The first-order chi connectivity index (χ1) is 14.3. The van der Waals surface area contributed by atoms with Gasteiger partial charge in [-0.1, -0.05) is 18.2 Å². The third kappa shape index (κ3) is 4.16. The van der Waals surface area contributed by atoms with Crippen molar-refractivity contribution in [3.05, 3.63) is 74.0 Å². The van der Waals surface area contributed by atoms with Crippen LogP contribution < -0.4 is 14.8 Å². The Morgan fingerprint density at radius 2 is 1.87 bits per heavy atom. The van der Waals surface area contributed by atoms with E-state index in [1.165, 1.54) is 19.2 Å². The maximum atomic E-state index is 12.5. The molecule has 1 aromatic heterocycles. The zero-order valence-electron chi connectivity index (χ0n) is 15.7. The van der Waals surface area contributed by atoms with E-state index in [4.69, 9.17) is 9.47 Å². The molecule has 0 aliphatic heterocycles. The summed E-state index contributed by atoms with van der Waals surface area (Å²) < 4.78 is 10.5. The van der Waals surface area contributed by atoms with Gasteiger partial charge in [-0.3, -0.25) is 30.1 Å². The molecule has 0 unspecified atom stereocenters. The number of aromatic nitrogens is 2. The van der Waals surface area contributed by atoms with Gasteiger partial charge < -0.3 is 14.8 Å². The summed E-state index contributed by atoms with van der Waals surface area (Å²) in [7, 11) is 1.17. The van der Waals surface area contributed by atoms with E-state index in [1.807, 2.05) is 6.07 Å². The van der Waals surface area contributed by atoms with Crippen molar-refractivity contribution in [3.8, 4) is 17.4 Å². The van der Waals surface area contributed by atoms with Gasteiger partial charge in [0.25, 0.3) is 11.6 Å². The van der Waals surface area contributed by atoms with Crippen molar-refractivity contribution in [2.24, 2.45) is 0 Å². The molecule has 0 saturated heterocycles. The number of amides is 1. The summed E-state index contributed by atoms with van der Waals surface area (Å²) in [6.07, 6.45) is 0. The zero-order chi connectivity index (χ0) is 21.8. The van der Waals surface area contributed by atoms with E-state index >= 15 is 0 Å². The molecule has 12 heteroatoms. The number of non-ortho nitro benzene ring substituents is 1. The van der Waals surface area contributed by atoms with Gasteiger partial charge in [-0.2, -0.15) is 0 Å². The minimum Gasteiger partial charge on any atom is -0.475 e. The van der Waals surface area contributed by atoms with E-state index in [1.54, 1.807) is 25.1 Å². The molecule has 2 N–H and O–H groups in total. The van der Waals surface area contributed by atoms with E-state index in [0.717, 1.165) is 11.6 Å². The highest BCUT2D eigenvalue weighted by Gasteiger charge is 2.30. The number of rotatable bonds is 7. The molecule has 0 spiro atoms. The third-order valence-electron chi connectivity index (χ3n) is 3.99. The van der Waals surface area contributed by atoms with Crippen LogP contribution >= 0.6 is 0 Å². The lowest BCUT2D eigenvalue weighted by Gasteiger charge is -2.10. The largest absolute Gasteiger partial charge is 0.475 e. The number of nitro groups is 2. The second-order valence-electron chi connectivity index (χ2n) is 6.01. The van der Waals surface area contributed by atoms with Crippen molar-refractivity contribution in [1.82, 2.24) is 10.2 Å².